The number of hydrogen-bond donors (Lipinski definition) is 3. The van der Waals surface area contributed by atoms with Crippen molar-refractivity contribution in [3.63, 3.8) is 0 Å². The van der Waals surface area contributed by atoms with E-state index in [2.05, 4.69) is 47.6 Å². The van der Waals surface area contributed by atoms with Gasteiger partial charge in [0.25, 0.3) is 0 Å². The average Bonchev–Trinajstić information content (AvgIpc) is 2.25. The number of benzene rings is 1. The zero-order chi connectivity index (χ0) is 15.0. The first-order chi connectivity index (χ1) is 8.48. The second-order valence-electron chi connectivity index (χ2n) is 7.30. The number of aromatic hydroxyl groups is 1. The lowest BCUT2D eigenvalue weighted by molar-refractivity contribution is 0.433. The second kappa shape index (κ2) is 5.14. The van der Waals surface area contributed by atoms with Gasteiger partial charge in [0.15, 0.2) is 0 Å². The monoisotopic (exact) mass is 264 g/mol. The fourth-order valence-corrected chi connectivity index (χ4v) is 2.07. The molecule has 0 fully saturated rings. The molecule has 0 radical (unpaired) electrons. The van der Waals surface area contributed by atoms with Crippen LogP contribution in [0.5, 0.6) is 5.75 Å². The molecule has 5 N–H and O–H groups in total. The third kappa shape index (κ3) is 3.48. The van der Waals surface area contributed by atoms with Crippen LogP contribution in [-0.2, 0) is 10.8 Å². The zero-order valence-electron chi connectivity index (χ0n) is 13.0. The summed E-state index contributed by atoms with van der Waals surface area (Å²) < 4.78 is 0. The minimum absolute atomic E-state index is 0.0107. The Balaban J connectivity index is 3.57. The maximum atomic E-state index is 10.5. The first-order valence-corrected chi connectivity index (χ1v) is 6.82. The third-order valence-corrected chi connectivity index (χ3v) is 3.47. The van der Waals surface area contributed by atoms with E-state index in [4.69, 9.17) is 11.5 Å². The van der Waals surface area contributed by atoms with Gasteiger partial charge in [-0.25, -0.2) is 0 Å². The molecule has 0 aliphatic carbocycles. The van der Waals surface area contributed by atoms with E-state index in [0.29, 0.717) is 12.3 Å². The summed E-state index contributed by atoms with van der Waals surface area (Å²) in [6.45, 7) is 13.1. The van der Waals surface area contributed by atoms with Gasteiger partial charge in [-0.1, -0.05) is 47.6 Å². The van der Waals surface area contributed by atoms with Gasteiger partial charge in [-0.15, -0.1) is 0 Å². The second-order valence-corrected chi connectivity index (χ2v) is 7.30. The molecule has 0 aliphatic rings. The third-order valence-electron chi connectivity index (χ3n) is 3.47. The predicted octanol–water partition coefficient (Wildman–Crippen LogP) is 2.95. The van der Waals surface area contributed by atoms with E-state index in [9.17, 15) is 5.11 Å². The fraction of sp³-hybridized carbons (Fsp3) is 0.625. The number of phenolic OH excluding ortho intramolecular Hbond substituents is 1. The molecule has 19 heavy (non-hydrogen) atoms. The molecule has 1 atom stereocenters. The maximum absolute atomic E-state index is 10.5. The summed E-state index contributed by atoms with van der Waals surface area (Å²) in [5, 5.41) is 10.5. The molecule has 0 amide bonds. The quantitative estimate of drug-likeness (QED) is 0.769. The summed E-state index contributed by atoms with van der Waals surface area (Å²) in [7, 11) is 0. The van der Waals surface area contributed by atoms with E-state index >= 15 is 0 Å². The van der Waals surface area contributed by atoms with Gasteiger partial charge in [-0.05, 0) is 28.0 Å². The summed E-state index contributed by atoms with van der Waals surface area (Å²) in [6, 6.07) is 3.74. The van der Waals surface area contributed by atoms with Crippen molar-refractivity contribution in [1.29, 1.82) is 0 Å². The smallest absolute Gasteiger partial charge is 0.124 e. The average molecular weight is 264 g/mol. The van der Waals surface area contributed by atoms with Crippen molar-refractivity contribution in [2.24, 2.45) is 11.5 Å². The SMILES string of the molecule is CC(C)(C)c1cc([C@H](N)CN)c(O)c(C(C)(C)C)c1. The normalized spacial score (nSPS) is 14.5. The van der Waals surface area contributed by atoms with Crippen molar-refractivity contribution in [1.82, 2.24) is 0 Å². The van der Waals surface area contributed by atoms with Crippen LogP contribution in [0.15, 0.2) is 12.1 Å². The lowest BCUT2D eigenvalue weighted by Gasteiger charge is -2.28. The fourth-order valence-electron chi connectivity index (χ4n) is 2.07. The Morgan fingerprint density at radius 2 is 1.58 bits per heavy atom. The molecular formula is C16H28N2O. The highest BCUT2D eigenvalue weighted by Crippen LogP contribution is 2.39. The van der Waals surface area contributed by atoms with E-state index in [1.807, 2.05) is 6.07 Å². The van der Waals surface area contributed by atoms with Crippen LogP contribution in [0.2, 0.25) is 0 Å². The van der Waals surface area contributed by atoms with E-state index in [1.165, 1.54) is 5.56 Å². The van der Waals surface area contributed by atoms with Gasteiger partial charge < -0.3 is 16.6 Å². The van der Waals surface area contributed by atoms with Gasteiger partial charge in [0.05, 0.1) is 0 Å². The van der Waals surface area contributed by atoms with Crippen LogP contribution in [0.3, 0.4) is 0 Å². The highest BCUT2D eigenvalue weighted by atomic mass is 16.3. The summed E-state index contributed by atoms with van der Waals surface area (Å²) in [5.41, 5.74) is 14.4. The van der Waals surface area contributed by atoms with Gasteiger partial charge >= 0.3 is 0 Å². The Morgan fingerprint density at radius 1 is 1.05 bits per heavy atom. The van der Waals surface area contributed by atoms with Gasteiger partial charge in [-0.3, -0.25) is 0 Å². The standard InChI is InChI=1S/C16H28N2O/c1-15(2,3)10-7-11(13(18)9-17)14(19)12(8-10)16(4,5)6/h7-8,13,19H,9,17-18H2,1-6H3/t13-/m1/s1. The van der Waals surface area contributed by atoms with Crippen molar-refractivity contribution in [2.45, 2.75) is 58.4 Å². The van der Waals surface area contributed by atoms with Gasteiger partial charge in [-0.2, -0.15) is 0 Å². The Labute approximate surface area is 117 Å². The molecule has 3 heteroatoms. The first kappa shape index (κ1) is 16.0. The van der Waals surface area contributed by atoms with Crippen molar-refractivity contribution in [3.05, 3.63) is 28.8 Å². The number of rotatable bonds is 2. The van der Waals surface area contributed by atoms with E-state index in [-0.39, 0.29) is 16.9 Å². The van der Waals surface area contributed by atoms with Crippen molar-refractivity contribution in [3.8, 4) is 5.75 Å². The molecule has 0 saturated carbocycles. The molecule has 0 saturated heterocycles. The molecule has 1 rings (SSSR count). The van der Waals surface area contributed by atoms with Crippen LogP contribution >= 0.6 is 0 Å². The number of phenols is 1. The van der Waals surface area contributed by atoms with Gasteiger partial charge in [0, 0.05) is 18.2 Å². The Bertz CT molecular complexity index is 453. The van der Waals surface area contributed by atoms with Crippen molar-refractivity contribution in [2.75, 3.05) is 6.54 Å². The lowest BCUT2D eigenvalue weighted by Crippen LogP contribution is -2.24. The van der Waals surface area contributed by atoms with Crippen molar-refractivity contribution < 1.29 is 5.11 Å². The Kier molecular flexibility index (Phi) is 4.33. The Morgan fingerprint density at radius 3 is 1.95 bits per heavy atom. The van der Waals surface area contributed by atoms with Gasteiger partial charge in [0.1, 0.15) is 5.75 Å². The van der Waals surface area contributed by atoms with Crippen LogP contribution in [0, 0.1) is 0 Å². The number of hydrogen-bond acceptors (Lipinski definition) is 3. The molecule has 0 unspecified atom stereocenters. The lowest BCUT2D eigenvalue weighted by atomic mass is 9.78. The summed E-state index contributed by atoms with van der Waals surface area (Å²) in [5.74, 6) is 0.290. The maximum Gasteiger partial charge on any atom is 0.124 e. The molecular weight excluding hydrogens is 236 g/mol. The minimum Gasteiger partial charge on any atom is -0.507 e. The molecule has 0 aromatic heterocycles. The van der Waals surface area contributed by atoms with Crippen LogP contribution in [0.4, 0.5) is 0 Å². The highest BCUT2D eigenvalue weighted by molar-refractivity contribution is 5.50. The summed E-state index contributed by atoms with van der Waals surface area (Å²) in [6.07, 6.45) is 0. The molecule has 1 aromatic rings. The molecule has 0 bridgehead atoms. The Hall–Kier alpha value is -1.06. The molecule has 0 aliphatic heterocycles. The molecule has 3 nitrogen and oxygen atoms in total. The topological polar surface area (TPSA) is 72.3 Å². The molecule has 0 spiro atoms. The van der Waals surface area contributed by atoms with E-state index in [0.717, 1.165) is 11.1 Å². The summed E-state index contributed by atoms with van der Waals surface area (Å²) >= 11 is 0. The van der Waals surface area contributed by atoms with Gasteiger partial charge in [0.2, 0.25) is 0 Å². The molecule has 0 heterocycles. The highest BCUT2D eigenvalue weighted by Gasteiger charge is 2.26. The van der Waals surface area contributed by atoms with Crippen LogP contribution in [0.1, 0.15) is 64.3 Å². The zero-order valence-corrected chi connectivity index (χ0v) is 13.0. The van der Waals surface area contributed by atoms with Crippen LogP contribution in [0.25, 0.3) is 0 Å². The predicted molar refractivity (Wildman–Crippen MR) is 81.5 cm³/mol. The van der Waals surface area contributed by atoms with E-state index in [1.54, 1.807) is 0 Å². The largest absolute Gasteiger partial charge is 0.507 e. The van der Waals surface area contributed by atoms with Crippen LogP contribution < -0.4 is 11.5 Å². The van der Waals surface area contributed by atoms with E-state index < -0.39 is 0 Å². The van der Waals surface area contributed by atoms with Crippen LogP contribution in [-0.4, -0.2) is 11.7 Å². The first-order valence-electron chi connectivity index (χ1n) is 6.82. The molecule has 108 valence electrons. The minimum atomic E-state index is -0.330. The number of nitrogens with two attached hydrogens (primary N) is 2. The summed E-state index contributed by atoms with van der Waals surface area (Å²) in [4.78, 5) is 0. The molecule has 1 aromatic carbocycles. The van der Waals surface area contributed by atoms with Crippen molar-refractivity contribution >= 4 is 0 Å².